The first kappa shape index (κ1) is 22.1. The van der Waals surface area contributed by atoms with E-state index in [4.69, 9.17) is 9.47 Å². The van der Waals surface area contributed by atoms with E-state index in [9.17, 15) is 18.3 Å². The van der Waals surface area contributed by atoms with Crippen molar-refractivity contribution in [2.24, 2.45) is 0 Å². The third-order valence-electron chi connectivity index (χ3n) is 6.23. The summed E-state index contributed by atoms with van der Waals surface area (Å²) in [5, 5.41) is 9.35. The van der Waals surface area contributed by atoms with Gasteiger partial charge in [0, 0.05) is 19.6 Å². The molecule has 4 rings (SSSR count). The van der Waals surface area contributed by atoms with Gasteiger partial charge in [-0.1, -0.05) is 0 Å². The number of carboxylic acid groups (broad SMARTS) is 1. The summed E-state index contributed by atoms with van der Waals surface area (Å²) in [6.45, 7) is 1.41. The lowest BCUT2D eigenvalue weighted by Crippen LogP contribution is -2.46. The largest absolute Gasteiger partial charge is 0.473 e. The average Bonchev–Trinajstić information content (AvgIpc) is 2.76. The van der Waals surface area contributed by atoms with Crippen molar-refractivity contribution in [3.8, 4) is 5.88 Å². The van der Waals surface area contributed by atoms with E-state index < -0.39 is 15.9 Å². The summed E-state index contributed by atoms with van der Waals surface area (Å²) in [5.74, 6) is 1.41. The Bertz CT molecular complexity index is 843. The summed E-state index contributed by atoms with van der Waals surface area (Å²) in [6.07, 6.45) is 7.98. The number of hydrogen-bond acceptors (Lipinski definition) is 8. The minimum Gasteiger partial charge on any atom is -0.473 e. The molecule has 31 heavy (non-hydrogen) atoms. The summed E-state index contributed by atoms with van der Waals surface area (Å²) in [4.78, 5) is 23.5. The Morgan fingerprint density at radius 2 is 1.68 bits per heavy atom. The molecule has 3 fully saturated rings. The maximum Gasteiger partial charge on any atom is 0.409 e. The van der Waals surface area contributed by atoms with Gasteiger partial charge < -0.3 is 19.5 Å². The van der Waals surface area contributed by atoms with E-state index in [1.807, 2.05) is 4.90 Å². The fraction of sp³-hybridized carbons (Fsp3) is 0.750. The minimum absolute atomic E-state index is 0.0297. The van der Waals surface area contributed by atoms with Crippen molar-refractivity contribution < 1.29 is 27.8 Å². The zero-order chi connectivity index (χ0) is 21.8. The summed E-state index contributed by atoms with van der Waals surface area (Å²) >= 11 is 0. The highest BCUT2D eigenvalue weighted by Crippen LogP contribution is 2.28. The van der Waals surface area contributed by atoms with E-state index >= 15 is 0 Å². The molecule has 3 aliphatic rings. The maximum atomic E-state index is 11.6. The zero-order valence-electron chi connectivity index (χ0n) is 17.6. The number of rotatable bonds is 5. The Hall–Kier alpha value is -2.14. The number of ether oxygens (including phenoxy) is 2. The lowest BCUT2D eigenvalue weighted by molar-refractivity contribution is -0.118. The lowest BCUT2D eigenvalue weighted by Gasteiger charge is -2.37. The Morgan fingerprint density at radius 1 is 0.968 bits per heavy atom. The molecule has 1 atom stereocenters. The topological polar surface area (TPSA) is 122 Å². The number of amides is 1. The van der Waals surface area contributed by atoms with E-state index in [2.05, 4.69) is 9.97 Å². The first-order valence-electron chi connectivity index (χ1n) is 11.0. The van der Waals surface area contributed by atoms with Crippen LogP contribution in [0.3, 0.4) is 0 Å². The SMILES string of the molecule is O=C(O)N1CCCCC1OC1CCC(Oc2cnc(N3CCS(=O)(=O)CC3)cn2)CC1. The van der Waals surface area contributed by atoms with Gasteiger partial charge in [-0.15, -0.1) is 0 Å². The second kappa shape index (κ2) is 9.56. The van der Waals surface area contributed by atoms with Crippen LogP contribution in [0.15, 0.2) is 12.4 Å². The predicted octanol–water partition coefficient (Wildman–Crippen LogP) is 1.91. The number of carbonyl (C=O) groups is 1. The second-order valence-corrected chi connectivity index (χ2v) is 10.7. The van der Waals surface area contributed by atoms with Crippen molar-refractivity contribution >= 4 is 21.7 Å². The molecule has 1 saturated carbocycles. The number of piperidine rings is 1. The van der Waals surface area contributed by atoms with Gasteiger partial charge in [-0.25, -0.2) is 23.2 Å². The maximum absolute atomic E-state index is 11.6. The minimum atomic E-state index is -2.93. The highest BCUT2D eigenvalue weighted by Gasteiger charge is 2.32. The molecule has 1 amide bonds. The van der Waals surface area contributed by atoms with Crippen LogP contribution in [0.4, 0.5) is 10.6 Å². The van der Waals surface area contributed by atoms with E-state index in [1.54, 1.807) is 12.4 Å². The van der Waals surface area contributed by atoms with Gasteiger partial charge in [0.05, 0.1) is 30.0 Å². The van der Waals surface area contributed by atoms with Crippen LogP contribution in [-0.2, 0) is 14.6 Å². The van der Waals surface area contributed by atoms with Crippen molar-refractivity contribution in [1.29, 1.82) is 0 Å². The van der Waals surface area contributed by atoms with Crippen LogP contribution in [0.25, 0.3) is 0 Å². The van der Waals surface area contributed by atoms with Crippen molar-refractivity contribution in [3.63, 3.8) is 0 Å². The summed E-state index contributed by atoms with van der Waals surface area (Å²) < 4.78 is 35.2. The molecule has 0 bridgehead atoms. The number of sulfone groups is 1. The van der Waals surface area contributed by atoms with Gasteiger partial charge in [-0.3, -0.25) is 4.90 Å². The van der Waals surface area contributed by atoms with Gasteiger partial charge in [0.1, 0.15) is 18.1 Å². The Balaban J connectivity index is 1.23. The Labute approximate surface area is 182 Å². The van der Waals surface area contributed by atoms with E-state index in [0.29, 0.717) is 31.3 Å². The van der Waals surface area contributed by atoms with Gasteiger partial charge in [0.15, 0.2) is 9.84 Å². The van der Waals surface area contributed by atoms with Gasteiger partial charge in [-0.2, -0.15) is 0 Å². The van der Waals surface area contributed by atoms with Crippen molar-refractivity contribution in [1.82, 2.24) is 14.9 Å². The third kappa shape index (κ3) is 5.76. The van der Waals surface area contributed by atoms with Crippen LogP contribution < -0.4 is 9.64 Å². The molecule has 3 heterocycles. The Morgan fingerprint density at radius 3 is 2.32 bits per heavy atom. The molecular weight excluding hydrogens is 424 g/mol. The first-order chi connectivity index (χ1) is 14.9. The zero-order valence-corrected chi connectivity index (χ0v) is 18.4. The molecule has 1 aromatic rings. The van der Waals surface area contributed by atoms with Crippen molar-refractivity contribution in [2.45, 2.75) is 63.4 Å². The highest BCUT2D eigenvalue weighted by atomic mass is 32.2. The van der Waals surface area contributed by atoms with Gasteiger partial charge in [0.2, 0.25) is 5.88 Å². The summed E-state index contributed by atoms with van der Waals surface area (Å²) in [7, 11) is -2.93. The van der Waals surface area contributed by atoms with Crippen molar-refractivity contribution in [3.05, 3.63) is 12.4 Å². The van der Waals surface area contributed by atoms with E-state index in [0.717, 1.165) is 44.9 Å². The standard InChI is InChI=1S/C20H30N4O6S/c25-20(26)24-8-2-1-3-19(24)30-16-6-4-15(5-7-16)29-18-14-21-17(13-22-18)23-9-11-31(27,28)12-10-23/h13-16,19H,1-12H2,(H,25,26). The molecule has 2 saturated heterocycles. The number of nitrogens with zero attached hydrogens (tertiary/aromatic N) is 4. The van der Waals surface area contributed by atoms with Crippen molar-refractivity contribution in [2.75, 3.05) is 36.0 Å². The van der Waals surface area contributed by atoms with Crippen LogP contribution in [0.5, 0.6) is 5.88 Å². The average molecular weight is 455 g/mol. The summed E-state index contributed by atoms with van der Waals surface area (Å²) in [5.41, 5.74) is 0. The molecular formula is C20H30N4O6S. The number of likely N-dealkylation sites (tertiary alicyclic amines) is 1. The first-order valence-corrected chi connectivity index (χ1v) is 12.8. The van der Waals surface area contributed by atoms with E-state index in [1.165, 1.54) is 4.90 Å². The smallest absolute Gasteiger partial charge is 0.409 e. The van der Waals surface area contributed by atoms with Gasteiger partial charge in [0.25, 0.3) is 0 Å². The second-order valence-electron chi connectivity index (χ2n) is 8.43. The molecule has 0 radical (unpaired) electrons. The normalized spacial score (nSPS) is 28.8. The fourth-order valence-electron chi connectivity index (χ4n) is 4.42. The molecule has 172 valence electrons. The Kier molecular flexibility index (Phi) is 6.80. The molecule has 1 aliphatic carbocycles. The van der Waals surface area contributed by atoms with Gasteiger partial charge in [-0.05, 0) is 44.9 Å². The van der Waals surface area contributed by atoms with Crippen LogP contribution in [0.2, 0.25) is 0 Å². The quantitative estimate of drug-likeness (QED) is 0.711. The van der Waals surface area contributed by atoms with E-state index in [-0.39, 0.29) is 29.9 Å². The number of aromatic nitrogens is 2. The molecule has 0 aromatic carbocycles. The van der Waals surface area contributed by atoms with Crippen LogP contribution in [-0.4, -0.2) is 84.1 Å². The predicted molar refractivity (Wildman–Crippen MR) is 113 cm³/mol. The molecule has 2 aliphatic heterocycles. The number of hydrogen-bond donors (Lipinski definition) is 1. The lowest BCUT2D eigenvalue weighted by atomic mass is 9.94. The highest BCUT2D eigenvalue weighted by molar-refractivity contribution is 7.91. The molecule has 1 aromatic heterocycles. The van der Waals surface area contributed by atoms with Crippen LogP contribution in [0, 0.1) is 0 Å². The summed E-state index contributed by atoms with van der Waals surface area (Å²) in [6, 6.07) is 0. The molecule has 0 spiro atoms. The molecule has 11 heteroatoms. The molecule has 1 N–H and O–H groups in total. The third-order valence-corrected chi connectivity index (χ3v) is 7.84. The van der Waals surface area contributed by atoms with Gasteiger partial charge >= 0.3 is 6.09 Å². The molecule has 10 nitrogen and oxygen atoms in total. The monoisotopic (exact) mass is 454 g/mol. The fourth-order valence-corrected chi connectivity index (χ4v) is 5.62. The van der Waals surface area contributed by atoms with Crippen LogP contribution in [0.1, 0.15) is 44.9 Å². The van der Waals surface area contributed by atoms with Crippen LogP contribution >= 0.6 is 0 Å². The molecule has 1 unspecified atom stereocenters. The number of anilines is 1.